The van der Waals surface area contributed by atoms with Crippen molar-refractivity contribution in [3.8, 4) is 11.1 Å². The van der Waals surface area contributed by atoms with Crippen LogP contribution in [0, 0.1) is 0 Å². The highest BCUT2D eigenvalue weighted by Crippen LogP contribution is 2.29. The van der Waals surface area contributed by atoms with Gasteiger partial charge in [-0.2, -0.15) is 13.1 Å². The number of fused-ring (bicyclic) bond motifs is 1. The number of carbonyl (C=O) groups excluding carboxylic acids is 2. The summed E-state index contributed by atoms with van der Waals surface area (Å²) < 4.78 is 33.3. The van der Waals surface area contributed by atoms with Crippen LogP contribution in [0.2, 0.25) is 0 Å². The molecule has 0 unspecified atom stereocenters. The summed E-state index contributed by atoms with van der Waals surface area (Å²) in [5.41, 5.74) is 2.40. The first-order chi connectivity index (χ1) is 14.0. The number of carbonyl (C=O) groups is 2. The van der Waals surface area contributed by atoms with Crippen molar-refractivity contribution in [3.05, 3.63) is 47.7 Å². The Morgan fingerprint density at radius 1 is 1.27 bits per heavy atom. The number of rotatable bonds is 5. The molecule has 1 aromatic heterocycles. The smallest absolute Gasteiger partial charge is 0.422 e. The molecule has 2 heterocycles. The number of aromatic nitrogens is 1. The Balaban J connectivity index is 1.72. The van der Waals surface area contributed by atoms with Gasteiger partial charge in [-0.05, 0) is 49.6 Å². The standard InChI is InChI=1S/C19H23N5O5S/c1-19(2,3)29-18(26)24-30(27,28)22-10-12-5-4-6-13(9-12)14-7-8-20-16-15(14)11-21-17(25)23-16/h4-9,22H,10-11H2,1-3H3,(H,24,26)(H2,20,21,23,25). The summed E-state index contributed by atoms with van der Waals surface area (Å²) in [4.78, 5) is 27.4. The van der Waals surface area contributed by atoms with E-state index in [2.05, 4.69) is 20.3 Å². The van der Waals surface area contributed by atoms with Crippen LogP contribution in [-0.4, -0.2) is 31.1 Å². The maximum Gasteiger partial charge on any atom is 0.422 e. The van der Waals surface area contributed by atoms with Crippen molar-refractivity contribution in [2.75, 3.05) is 5.32 Å². The molecule has 30 heavy (non-hydrogen) atoms. The van der Waals surface area contributed by atoms with Crippen LogP contribution in [0.3, 0.4) is 0 Å². The number of hydrogen-bond donors (Lipinski definition) is 4. The van der Waals surface area contributed by atoms with Crippen LogP contribution in [-0.2, 0) is 28.0 Å². The Kier molecular flexibility index (Phi) is 5.94. The monoisotopic (exact) mass is 433 g/mol. The minimum atomic E-state index is -4.09. The van der Waals surface area contributed by atoms with Crippen LogP contribution < -0.4 is 20.1 Å². The fourth-order valence-electron chi connectivity index (χ4n) is 2.84. The van der Waals surface area contributed by atoms with Crippen molar-refractivity contribution < 1.29 is 22.7 Å². The summed E-state index contributed by atoms with van der Waals surface area (Å²) in [7, 11) is -4.09. The van der Waals surface area contributed by atoms with Crippen molar-refractivity contribution in [1.29, 1.82) is 0 Å². The lowest BCUT2D eigenvalue weighted by molar-refractivity contribution is 0.0569. The lowest BCUT2D eigenvalue weighted by Gasteiger charge is -2.20. The molecule has 0 radical (unpaired) electrons. The van der Waals surface area contributed by atoms with Gasteiger partial charge in [0.25, 0.3) is 0 Å². The van der Waals surface area contributed by atoms with E-state index < -0.39 is 21.9 Å². The molecule has 3 rings (SSSR count). The molecular formula is C19H23N5O5S. The van der Waals surface area contributed by atoms with Gasteiger partial charge in [-0.3, -0.25) is 5.32 Å². The number of ether oxygens (including phenoxy) is 1. The molecule has 0 fully saturated rings. The molecule has 0 saturated heterocycles. The molecule has 0 atom stereocenters. The molecule has 0 saturated carbocycles. The molecular weight excluding hydrogens is 410 g/mol. The maximum atomic E-state index is 12.1. The maximum absolute atomic E-state index is 12.1. The second-order valence-corrected chi connectivity index (χ2v) is 9.12. The summed E-state index contributed by atoms with van der Waals surface area (Å²) in [5, 5.41) is 5.37. The Morgan fingerprint density at radius 3 is 2.77 bits per heavy atom. The number of hydrogen-bond acceptors (Lipinski definition) is 6. The quantitative estimate of drug-likeness (QED) is 0.570. The molecule has 3 amide bonds. The van der Waals surface area contributed by atoms with Crippen molar-refractivity contribution in [3.63, 3.8) is 0 Å². The third-order valence-electron chi connectivity index (χ3n) is 4.03. The van der Waals surface area contributed by atoms with Crippen molar-refractivity contribution in [1.82, 2.24) is 19.7 Å². The van der Waals surface area contributed by atoms with Gasteiger partial charge in [0.1, 0.15) is 11.4 Å². The lowest BCUT2D eigenvalue weighted by atomic mass is 9.98. The van der Waals surface area contributed by atoms with E-state index in [9.17, 15) is 18.0 Å². The highest BCUT2D eigenvalue weighted by Gasteiger charge is 2.22. The fourth-order valence-corrected chi connectivity index (χ4v) is 3.53. The second-order valence-electron chi connectivity index (χ2n) is 7.62. The van der Waals surface area contributed by atoms with Gasteiger partial charge < -0.3 is 10.1 Å². The summed E-state index contributed by atoms with van der Waals surface area (Å²) in [6.07, 6.45) is 0.543. The average Bonchev–Trinajstić information content (AvgIpc) is 2.64. The molecule has 11 heteroatoms. The van der Waals surface area contributed by atoms with Gasteiger partial charge in [0.15, 0.2) is 0 Å². The van der Waals surface area contributed by atoms with Crippen LogP contribution in [0.5, 0.6) is 0 Å². The van der Waals surface area contributed by atoms with Crippen molar-refractivity contribution in [2.45, 2.75) is 39.5 Å². The van der Waals surface area contributed by atoms with E-state index in [1.807, 2.05) is 22.9 Å². The van der Waals surface area contributed by atoms with Gasteiger partial charge in [0, 0.05) is 24.8 Å². The Labute approximate surface area is 174 Å². The van der Waals surface area contributed by atoms with Gasteiger partial charge in [0.05, 0.1) is 0 Å². The Bertz CT molecular complexity index is 1080. The van der Waals surface area contributed by atoms with E-state index in [1.54, 1.807) is 39.1 Å². The van der Waals surface area contributed by atoms with Crippen LogP contribution in [0.25, 0.3) is 11.1 Å². The first-order valence-electron chi connectivity index (χ1n) is 9.15. The zero-order valence-corrected chi connectivity index (χ0v) is 17.6. The molecule has 1 aromatic carbocycles. The number of amides is 3. The Morgan fingerprint density at radius 2 is 2.03 bits per heavy atom. The zero-order chi connectivity index (χ0) is 21.9. The van der Waals surface area contributed by atoms with Crippen LogP contribution in [0.1, 0.15) is 31.9 Å². The molecule has 160 valence electrons. The zero-order valence-electron chi connectivity index (χ0n) is 16.8. The number of benzene rings is 1. The average molecular weight is 433 g/mol. The first-order valence-corrected chi connectivity index (χ1v) is 10.6. The number of urea groups is 1. The number of pyridine rings is 1. The fraction of sp³-hybridized carbons (Fsp3) is 0.316. The molecule has 4 N–H and O–H groups in total. The SMILES string of the molecule is CC(C)(C)OC(=O)NS(=O)(=O)NCc1cccc(-c2ccnc3c2CNC(=O)N3)c1. The van der Waals surface area contributed by atoms with E-state index in [0.29, 0.717) is 17.9 Å². The van der Waals surface area contributed by atoms with Gasteiger partial charge in [-0.1, -0.05) is 18.2 Å². The molecule has 1 aliphatic heterocycles. The molecule has 0 aliphatic carbocycles. The molecule has 1 aliphatic rings. The highest BCUT2D eigenvalue weighted by molar-refractivity contribution is 7.88. The lowest BCUT2D eigenvalue weighted by Crippen LogP contribution is -2.42. The van der Waals surface area contributed by atoms with Gasteiger partial charge in [-0.15, -0.1) is 0 Å². The molecule has 0 spiro atoms. The summed E-state index contributed by atoms with van der Waals surface area (Å²) in [6, 6.07) is 8.76. The normalized spacial score (nSPS) is 13.6. The molecule has 0 bridgehead atoms. The van der Waals surface area contributed by atoms with Crippen LogP contribution in [0.15, 0.2) is 36.5 Å². The van der Waals surface area contributed by atoms with Crippen molar-refractivity contribution in [2.24, 2.45) is 0 Å². The van der Waals surface area contributed by atoms with Crippen LogP contribution in [0.4, 0.5) is 15.4 Å². The topological polar surface area (TPSA) is 139 Å². The Hall–Kier alpha value is -3.18. The van der Waals surface area contributed by atoms with E-state index in [1.165, 1.54) is 0 Å². The van der Waals surface area contributed by atoms with Gasteiger partial charge in [-0.25, -0.2) is 19.3 Å². The van der Waals surface area contributed by atoms with Crippen molar-refractivity contribution >= 4 is 28.2 Å². The number of anilines is 1. The third kappa shape index (κ3) is 5.67. The van der Waals surface area contributed by atoms with E-state index in [-0.39, 0.29) is 12.6 Å². The summed E-state index contributed by atoms with van der Waals surface area (Å²) in [6.45, 7) is 5.21. The largest absolute Gasteiger partial charge is 0.443 e. The third-order valence-corrected chi connectivity index (χ3v) is 4.99. The van der Waals surface area contributed by atoms with E-state index in [4.69, 9.17) is 4.74 Å². The summed E-state index contributed by atoms with van der Waals surface area (Å²) in [5.74, 6) is 0.490. The minimum Gasteiger partial charge on any atom is -0.443 e. The van der Waals surface area contributed by atoms with E-state index in [0.717, 1.165) is 16.7 Å². The number of nitrogens with one attached hydrogen (secondary N) is 4. The van der Waals surface area contributed by atoms with Crippen LogP contribution >= 0.6 is 0 Å². The van der Waals surface area contributed by atoms with Gasteiger partial charge >= 0.3 is 22.3 Å². The molecule has 2 aromatic rings. The van der Waals surface area contributed by atoms with Gasteiger partial charge in [0.2, 0.25) is 0 Å². The summed E-state index contributed by atoms with van der Waals surface area (Å²) >= 11 is 0. The number of nitrogens with zero attached hydrogens (tertiary/aromatic N) is 1. The first kappa shape index (κ1) is 21.5. The molecule has 10 nitrogen and oxygen atoms in total. The highest BCUT2D eigenvalue weighted by atomic mass is 32.2. The van der Waals surface area contributed by atoms with E-state index >= 15 is 0 Å². The minimum absolute atomic E-state index is 0.0335. The second kappa shape index (κ2) is 8.28. The predicted octanol–water partition coefficient (Wildman–Crippen LogP) is 2.24. The predicted molar refractivity (Wildman–Crippen MR) is 111 cm³/mol.